The number of benzene rings is 2. The van der Waals surface area contributed by atoms with E-state index in [1.54, 1.807) is 24.3 Å². The van der Waals surface area contributed by atoms with Gasteiger partial charge in [0.1, 0.15) is 17.0 Å². The fourth-order valence-electron chi connectivity index (χ4n) is 2.00. The van der Waals surface area contributed by atoms with Crippen LogP contribution in [0.3, 0.4) is 0 Å². The Kier molecular flexibility index (Phi) is 2.13. The first-order valence-corrected chi connectivity index (χ1v) is 5.39. The van der Waals surface area contributed by atoms with Crippen LogP contribution < -0.4 is 5.69 Å². The fraction of sp³-hybridized carbons (Fsp3) is 0. The molecule has 0 aliphatic rings. The van der Waals surface area contributed by atoms with Crippen LogP contribution in [0.15, 0.2) is 47.3 Å². The number of imidazole rings is 1. The molecule has 3 aromatic rings. The van der Waals surface area contributed by atoms with Gasteiger partial charge >= 0.3 is 5.69 Å². The molecule has 0 saturated carbocycles. The first-order valence-electron chi connectivity index (χ1n) is 5.39. The Bertz CT molecular complexity index is 786. The third-order valence-corrected chi connectivity index (χ3v) is 2.78. The highest BCUT2D eigenvalue weighted by atomic mass is 16.3. The van der Waals surface area contributed by atoms with Gasteiger partial charge in [-0.2, -0.15) is 0 Å². The second kappa shape index (κ2) is 3.66. The van der Waals surface area contributed by atoms with Gasteiger partial charge in [0.25, 0.3) is 0 Å². The highest BCUT2D eigenvalue weighted by molar-refractivity contribution is 5.83. The van der Waals surface area contributed by atoms with Gasteiger partial charge in [0, 0.05) is 6.07 Å². The molecule has 0 amide bonds. The average molecular weight is 242 g/mol. The molecule has 5 heteroatoms. The van der Waals surface area contributed by atoms with Crippen molar-refractivity contribution >= 4 is 11.0 Å². The van der Waals surface area contributed by atoms with Gasteiger partial charge in [-0.3, -0.25) is 4.57 Å². The van der Waals surface area contributed by atoms with E-state index in [0.717, 1.165) is 0 Å². The van der Waals surface area contributed by atoms with Crippen LogP contribution in [0.2, 0.25) is 0 Å². The summed E-state index contributed by atoms with van der Waals surface area (Å²) in [5, 5.41) is 19.1. The van der Waals surface area contributed by atoms with Crippen molar-refractivity contribution in [2.75, 3.05) is 0 Å². The van der Waals surface area contributed by atoms with Gasteiger partial charge in [-0.15, -0.1) is 0 Å². The van der Waals surface area contributed by atoms with E-state index in [4.69, 9.17) is 0 Å². The number of aromatic amines is 1. The molecule has 0 unspecified atom stereocenters. The summed E-state index contributed by atoms with van der Waals surface area (Å²) in [5.41, 5.74) is 1.12. The van der Waals surface area contributed by atoms with E-state index in [-0.39, 0.29) is 17.2 Å². The lowest BCUT2D eigenvalue weighted by atomic mass is 10.2. The van der Waals surface area contributed by atoms with E-state index >= 15 is 0 Å². The maximum atomic E-state index is 11.9. The van der Waals surface area contributed by atoms with E-state index in [2.05, 4.69) is 4.98 Å². The summed E-state index contributed by atoms with van der Waals surface area (Å²) in [6.45, 7) is 0. The normalized spacial score (nSPS) is 10.9. The second-order valence-corrected chi connectivity index (χ2v) is 3.96. The molecule has 90 valence electrons. The number of rotatable bonds is 1. The van der Waals surface area contributed by atoms with E-state index in [0.29, 0.717) is 16.7 Å². The zero-order valence-corrected chi connectivity index (χ0v) is 9.29. The van der Waals surface area contributed by atoms with Crippen molar-refractivity contribution in [3.05, 3.63) is 52.9 Å². The van der Waals surface area contributed by atoms with E-state index in [9.17, 15) is 15.0 Å². The third-order valence-electron chi connectivity index (χ3n) is 2.78. The summed E-state index contributed by atoms with van der Waals surface area (Å²) >= 11 is 0. The summed E-state index contributed by atoms with van der Waals surface area (Å²) in [4.78, 5) is 14.5. The van der Waals surface area contributed by atoms with Gasteiger partial charge in [0.15, 0.2) is 0 Å². The average Bonchev–Trinajstić information content (AvgIpc) is 2.67. The quantitative estimate of drug-likeness (QED) is 0.608. The molecule has 0 atom stereocenters. The third kappa shape index (κ3) is 1.45. The largest absolute Gasteiger partial charge is 0.508 e. The van der Waals surface area contributed by atoms with Gasteiger partial charge in [0.2, 0.25) is 0 Å². The number of aromatic nitrogens is 2. The predicted molar refractivity (Wildman–Crippen MR) is 67.2 cm³/mol. The van der Waals surface area contributed by atoms with Gasteiger partial charge in [-0.25, -0.2) is 4.79 Å². The number of H-pyrrole nitrogens is 1. The molecule has 1 aromatic heterocycles. The Morgan fingerprint density at radius 1 is 1.06 bits per heavy atom. The highest BCUT2D eigenvalue weighted by Crippen LogP contribution is 2.24. The molecule has 5 nitrogen and oxygen atoms in total. The Hall–Kier alpha value is -2.69. The van der Waals surface area contributed by atoms with Crippen LogP contribution in [0.4, 0.5) is 0 Å². The van der Waals surface area contributed by atoms with Crippen LogP contribution in [0.25, 0.3) is 16.7 Å². The molecule has 3 N–H and O–H groups in total. The minimum atomic E-state index is -0.364. The molecule has 3 rings (SSSR count). The minimum Gasteiger partial charge on any atom is -0.508 e. The summed E-state index contributed by atoms with van der Waals surface area (Å²) in [6, 6.07) is 11.3. The summed E-state index contributed by atoms with van der Waals surface area (Å²) < 4.78 is 1.40. The van der Waals surface area contributed by atoms with Crippen LogP contribution in [0.5, 0.6) is 11.5 Å². The Morgan fingerprint density at radius 2 is 1.83 bits per heavy atom. The molecule has 18 heavy (non-hydrogen) atoms. The van der Waals surface area contributed by atoms with Crippen molar-refractivity contribution in [1.29, 1.82) is 0 Å². The highest BCUT2D eigenvalue weighted by Gasteiger charge is 2.11. The number of phenols is 2. The summed E-state index contributed by atoms with van der Waals surface area (Å²) in [7, 11) is 0. The molecule has 0 aliphatic heterocycles. The van der Waals surface area contributed by atoms with Gasteiger partial charge in [0.05, 0.1) is 11.2 Å². The van der Waals surface area contributed by atoms with Crippen molar-refractivity contribution in [1.82, 2.24) is 9.55 Å². The molecule has 0 saturated heterocycles. The monoisotopic (exact) mass is 242 g/mol. The lowest BCUT2D eigenvalue weighted by Crippen LogP contribution is -2.14. The summed E-state index contributed by atoms with van der Waals surface area (Å²) in [6.07, 6.45) is 0. The second-order valence-electron chi connectivity index (χ2n) is 3.96. The molecular weight excluding hydrogens is 232 g/mol. The maximum absolute atomic E-state index is 11.9. The van der Waals surface area contributed by atoms with Gasteiger partial charge in [-0.05, 0) is 24.3 Å². The van der Waals surface area contributed by atoms with E-state index < -0.39 is 0 Å². The topological polar surface area (TPSA) is 78.2 Å². The number of phenolic OH excluding ortho intramolecular Hbond substituents is 2. The standard InChI is InChI=1S/C13H10N2O3/c16-9-4-1-3-8(7-9)15-10-5-2-6-11(17)12(10)14-13(15)18/h1-7,16-17H,(H,14,18). The zero-order chi connectivity index (χ0) is 12.7. The van der Waals surface area contributed by atoms with Crippen LogP contribution in [0, 0.1) is 0 Å². The SMILES string of the molecule is O=c1[nH]c2c(O)cccc2n1-c1cccc(O)c1. The van der Waals surface area contributed by atoms with Crippen LogP contribution >= 0.6 is 0 Å². The zero-order valence-electron chi connectivity index (χ0n) is 9.29. The number of fused-ring (bicyclic) bond motifs is 1. The van der Waals surface area contributed by atoms with E-state index in [1.165, 1.54) is 22.8 Å². The molecule has 0 fully saturated rings. The molecule has 0 bridgehead atoms. The molecule has 0 radical (unpaired) electrons. The number of hydrogen-bond donors (Lipinski definition) is 3. The number of hydrogen-bond acceptors (Lipinski definition) is 3. The first-order chi connectivity index (χ1) is 8.66. The predicted octanol–water partition coefficient (Wildman–Crippen LogP) is 1.73. The lowest BCUT2D eigenvalue weighted by molar-refractivity contribution is 0.475. The van der Waals surface area contributed by atoms with Crippen molar-refractivity contribution in [3.63, 3.8) is 0 Å². The van der Waals surface area contributed by atoms with Crippen LogP contribution in [0.1, 0.15) is 0 Å². The van der Waals surface area contributed by atoms with Crippen molar-refractivity contribution in [2.45, 2.75) is 0 Å². The van der Waals surface area contributed by atoms with Gasteiger partial charge < -0.3 is 15.2 Å². The van der Waals surface area contributed by atoms with Crippen LogP contribution in [-0.2, 0) is 0 Å². The maximum Gasteiger partial charge on any atom is 0.331 e. The van der Waals surface area contributed by atoms with Gasteiger partial charge in [-0.1, -0.05) is 12.1 Å². The van der Waals surface area contributed by atoms with Crippen molar-refractivity contribution in [3.8, 4) is 17.2 Å². The number of nitrogens with zero attached hydrogens (tertiary/aromatic N) is 1. The Morgan fingerprint density at radius 3 is 2.61 bits per heavy atom. The molecule has 2 aromatic carbocycles. The molecular formula is C13H10N2O3. The number of para-hydroxylation sites is 1. The lowest BCUT2D eigenvalue weighted by Gasteiger charge is -2.03. The van der Waals surface area contributed by atoms with Crippen molar-refractivity contribution < 1.29 is 10.2 Å². The number of nitrogens with one attached hydrogen (secondary N) is 1. The Labute approximate surface area is 102 Å². The molecule has 0 spiro atoms. The minimum absolute atomic E-state index is 0.0171. The summed E-state index contributed by atoms with van der Waals surface area (Å²) in [5.74, 6) is 0.0948. The van der Waals surface area contributed by atoms with Crippen LogP contribution in [-0.4, -0.2) is 19.8 Å². The smallest absolute Gasteiger partial charge is 0.331 e. The van der Waals surface area contributed by atoms with Crippen molar-refractivity contribution in [2.24, 2.45) is 0 Å². The molecule has 1 heterocycles. The Balaban J connectivity index is 2.39. The van der Waals surface area contributed by atoms with E-state index in [1.807, 2.05) is 0 Å². The number of aromatic hydroxyl groups is 2. The first kappa shape index (κ1) is 10.5. The molecule has 0 aliphatic carbocycles. The fourth-order valence-corrected chi connectivity index (χ4v) is 2.00.